The van der Waals surface area contributed by atoms with E-state index in [0.29, 0.717) is 54.0 Å². The van der Waals surface area contributed by atoms with Gasteiger partial charge in [0.2, 0.25) is 5.91 Å². The summed E-state index contributed by atoms with van der Waals surface area (Å²) >= 11 is 0. The van der Waals surface area contributed by atoms with E-state index in [-0.39, 0.29) is 23.7 Å². The molecule has 0 heterocycles. The van der Waals surface area contributed by atoms with Crippen molar-refractivity contribution in [3.8, 4) is 11.5 Å². The number of nitrogens with one attached hydrogen (secondary N) is 2. The van der Waals surface area contributed by atoms with Crippen molar-refractivity contribution in [2.45, 2.75) is 65.1 Å². The Hall–Kier alpha value is -3.91. The van der Waals surface area contributed by atoms with E-state index in [9.17, 15) is 14.0 Å². The van der Waals surface area contributed by atoms with Crippen molar-refractivity contribution in [2.75, 3.05) is 11.9 Å². The average Bonchev–Trinajstić information content (AvgIpc) is 3.67. The molecule has 2 unspecified atom stereocenters. The van der Waals surface area contributed by atoms with Crippen LogP contribution in [-0.4, -0.2) is 36.6 Å². The van der Waals surface area contributed by atoms with Crippen molar-refractivity contribution >= 4 is 17.5 Å². The third-order valence-electron chi connectivity index (χ3n) is 7.57. The van der Waals surface area contributed by atoms with Gasteiger partial charge in [-0.2, -0.15) is 0 Å². The van der Waals surface area contributed by atoms with E-state index in [1.54, 1.807) is 19.1 Å². The van der Waals surface area contributed by atoms with Crippen molar-refractivity contribution in [3.05, 3.63) is 89.7 Å². The SMILES string of the molecule is CC(C)Oc1cc(OCC2CC2C)cc(C(=O)N[C@@H](Cc2ccccc2)[C@@H](N)C[C@@H](C)C(=O)Nc2ccc(F)cc2)c1. The van der Waals surface area contributed by atoms with E-state index in [0.717, 1.165) is 12.0 Å². The second-order valence-corrected chi connectivity index (χ2v) is 11.7. The van der Waals surface area contributed by atoms with Gasteiger partial charge in [0.25, 0.3) is 5.91 Å². The van der Waals surface area contributed by atoms with Gasteiger partial charge in [0, 0.05) is 35.3 Å². The Morgan fingerprint density at radius 3 is 2.31 bits per heavy atom. The van der Waals surface area contributed by atoms with Gasteiger partial charge in [-0.3, -0.25) is 9.59 Å². The molecule has 7 nitrogen and oxygen atoms in total. The topological polar surface area (TPSA) is 103 Å². The van der Waals surface area contributed by atoms with Crippen LogP contribution >= 0.6 is 0 Å². The molecule has 0 radical (unpaired) electrons. The molecule has 1 saturated carbocycles. The first kappa shape index (κ1) is 31.0. The second kappa shape index (κ2) is 14.3. The van der Waals surface area contributed by atoms with Gasteiger partial charge in [-0.25, -0.2) is 4.39 Å². The molecular formula is C34H42FN3O4. The van der Waals surface area contributed by atoms with Crippen LogP contribution in [0.1, 0.15) is 56.5 Å². The largest absolute Gasteiger partial charge is 0.493 e. The third kappa shape index (κ3) is 9.31. The highest BCUT2D eigenvalue weighted by molar-refractivity contribution is 5.95. The highest BCUT2D eigenvalue weighted by Gasteiger charge is 2.33. The molecule has 224 valence electrons. The molecule has 4 rings (SSSR count). The normalized spacial score (nSPS) is 18.1. The Bertz CT molecular complexity index is 1330. The average molecular weight is 576 g/mol. The Balaban J connectivity index is 1.48. The molecule has 1 aliphatic rings. The van der Waals surface area contributed by atoms with Gasteiger partial charge in [0.05, 0.1) is 12.7 Å². The smallest absolute Gasteiger partial charge is 0.251 e. The number of hydrogen-bond donors (Lipinski definition) is 3. The van der Waals surface area contributed by atoms with Gasteiger partial charge in [-0.1, -0.05) is 44.2 Å². The first-order valence-corrected chi connectivity index (χ1v) is 14.7. The van der Waals surface area contributed by atoms with Crippen molar-refractivity contribution in [1.82, 2.24) is 5.32 Å². The number of rotatable bonds is 14. The molecule has 8 heteroatoms. The Labute approximate surface area is 248 Å². The Kier molecular flexibility index (Phi) is 10.6. The van der Waals surface area contributed by atoms with Gasteiger partial charge < -0.3 is 25.8 Å². The molecule has 3 aromatic rings. The lowest BCUT2D eigenvalue weighted by Gasteiger charge is -2.27. The molecule has 1 fully saturated rings. The molecule has 42 heavy (non-hydrogen) atoms. The van der Waals surface area contributed by atoms with E-state index in [4.69, 9.17) is 15.2 Å². The Morgan fingerprint density at radius 2 is 1.67 bits per heavy atom. The molecule has 0 aliphatic heterocycles. The zero-order chi connectivity index (χ0) is 30.2. The minimum Gasteiger partial charge on any atom is -0.493 e. The summed E-state index contributed by atoms with van der Waals surface area (Å²) in [5.74, 6) is 0.989. The fourth-order valence-corrected chi connectivity index (χ4v) is 4.87. The molecule has 0 saturated heterocycles. The highest BCUT2D eigenvalue weighted by atomic mass is 19.1. The van der Waals surface area contributed by atoms with Crippen LogP contribution in [-0.2, 0) is 11.2 Å². The van der Waals surface area contributed by atoms with E-state index >= 15 is 0 Å². The fourth-order valence-electron chi connectivity index (χ4n) is 4.87. The molecule has 0 bridgehead atoms. The third-order valence-corrected chi connectivity index (χ3v) is 7.57. The highest BCUT2D eigenvalue weighted by Crippen LogP contribution is 2.38. The number of benzene rings is 3. The maximum atomic E-state index is 13.6. The lowest BCUT2D eigenvalue weighted by Crippen LogP contribution is -2.50. The molecule has 4 N–H and O–H groups in total. The van der Waals surface area contributed by atoms with Crippen molar-refractivity contribution in [2.24, 2.45) is 23.5 Å². The van der Waals surface area contributed by atoms with Gasteiger partial charge in [-0.15, -0.1) is 0 Å². The number of ether oxygens (including phenoxy) is 2. The summed E-state index contributed by atoms with van der Waals surface area (Å²) < 4.78 is 25.2. The lowest BCUT2D eigenvalue weighted by molar-refractivity contribution is -0.119. The first-order valence-electron chi connectivity index (χ1n) is 14.7. The van der Waals surface area contributed by atoms with Crippen LogP contribution in [0.15, 0.2) is 72.8 Å². The van der Waals surface area contributed by atoms with Crippen LogP contribution in [0, 0.1) is 23.6 Å². The predicted octanol–water partition coefficient (Wildman–Crippen LogP) is 5.98. The number of hydrogen-bond acceptors (Lipinski definition) is 5. The summed E-state index contributed by atoms with van der Waals surface area (Å²) in [6.07, 6.45) is 1.90. The zero-order valence-electron chi connectivity index (χ0n) is 24.8. The van der Waals surface area contributed by atoms with Gasteiger partial charge in [0.15, 0.2) is 0 Å². The zero-order valence-corrected chi connectivity index (χ0v) is 24.8. The van der Waals surface area contributed by atoms with Crippen molar-refractivity contribution in [3.63, 3.8) is 0 Å². The number of nitrogens with two attached hydrogens (primary N) is 1. The first-order chi connectivity index (χ1) is 20.1. The number of halogens is 1. The monoisotopic (exact) mass is 575 g/mol. The number of amides is 2. The maximum absolute atomic E-state index is 13.6. The molecule has 2 amide bonds. The van der Waals surface area contributed by atoms with E-state index in [1.165, 1.54) is 24.3 Å². The summed E-state index contributed by atoms with van der Waals surface area (Å²) in [6, 6.07) is 19.7. The van der Waals surface area contributed by atoms with Gasteiger partial charge in [0.1, 0.15) is 17.3 Å². The van der Waals surface area contributed by atoms with E-state index in [2.05, 4.69) is 17.6 Å². The molecule has 0 aromatic heterocycles. The predicted molar refractivity (Wildman–Crippen MR) is 163 cm³/mol. The minimum absolute atomic E-state index is 0.0681. The number of anilines is 1. The van der Waals surface area contributed by atoms with Crippen LogP contribution in [0.4, 0.5) is 10.1 Å². The summed E-state index contributed by atoms with van der Waals surface area (Å²) in [6.45, 7) is 8.46. The standard InChI is InChI=1S/C34H42FN3O4/c1-21(2)42-30-18-25(17-29(19-30)41-20-26-14-22(26)3)34(40)38-32(16-24-8-6-5-7-9-24)31(36)15-23(4)33(39)37-28-12-10-27(35)11-13-28/h5-13,17-19,21-23,26,31-32H,14-16,20,36H2,1-4H3,(H,37,39)(H,38,40)/t22?,23-,26?,31+,32+/m1/s1. The second-order valence-electron chi connectivity index (χ2n) is 11.7. The van der Waals surface area contributed by atoms with Crippen molar-refractivity contribution in [1.29, 1.82) is 0 Å². The maximum Gasteiger partial charge on any atom is 0.251 e. The molecule has 0 spiro atoms. The van der Waals surface area contributed by atoms with Crippen LogP contribution in [0.25, 0.3) is 0 Å². The summed E-state index contributed by atoms with van der Waals surface area (Å²) in [4.78, 5) is 26.5. The van der Waals surface area contributed by atoms with E-state index < -0.39 is 18.0 Å². The van der Waals surface area contributed by atoms with Crippen LogP contribution in [0.5, 0.6) is 11.5 Å². The van der Waals surface area contributed by atoms with Crippen LogP contribution in [0.2, 0.25) is 0 Å². The Morgan fingerprint density at radius 1 is 1.00 bits per heavy atom. The summed E-state index contributed by atoms with van der Waals surface area (Å²) in [7, 11) is 0. The van der Waals surface area contributed by atoms with Gasteiger partial charge >= 0.3 is 0 Å². The molecule has 5 atom stereocenters. The molecular weight excluding hydrogens is 533 g/mol. The minimum atomic E-state index is -0.523. The summed E-state index contributed by atoms with van der Waals surface area (Å²) in [5, 5.41) is 5.93. The van der Waals surface area contributed by atoms with Crippen LogP contribution in [0.3, 0.4) is 0 Å². The summed E-state index contributed by atoms with van der Waals surface area (Å²) in [5.41, 5.74) is 8.62. The van der Waals surface area contributed by atoms with E-state index in [1.807, 2.05) is 50.2 Å². The van der Waals surface area contributed by atoms with Gasteiger partial charge in [-0.05, 0) is 86.9 Å². The fraction of sp³-hybridized carbons (Fsp3) is 0.412. The molecule has 3 aromatic carbocycles. The van der Waals surface area contributed by atoms with Crippen molar-refractivity contribution < 1.29 is 23.5 Å². The lowest BCUT2D eigenvalue weighted by atomic mass is 9.92. The quantitative estimate of drug-likeness (QED) is 0.219. The van der Waals surface area contributed by atoms with Crippen LogP contribution < -0.4 is 25.8 Å². The number of carbonyl (C=O) groups is 2. The number of carbonyl (C=O) groups excluding carboxylic acids is 2. The molecule has 1 aliphatic carbocycles.